The Balaban J connectivity index is 1.66. The van der Waals surface area contributed by atoms with Gasteiger partial charge >= 0.3 is 0 Å². The minimum atomic E-state index is 0.470. The zero-order valence-electron chi connectivity index (χ0n) is 13.2. The van der Waals surface area contributed by atoms with Gasteiger partial charge in [0.25, 0.3) is 0 Å². The SMILES string of the molecule is Cc1ccc(NC(=S)Nc2ccnn2C2CCCCC2)cc1Cl. The molecule has 0 spiro atoms. The van der Waals surface area contributed by atoms with Gasteiger partial charge in [0.05, 0.1) is 12.2 Å². The highest BCUT2D eigenvalue weighted by Crippen LogP contribution is 2.30. The zero-order chi connectivity index (χ0) is 16.2. The van der Waals surface area contributed by atoms with E-state index in [0.29, 0.717) is 11.2 Å². The van der Waals surface area contributed by atoms with E-state index in [-0.39, 0.29) is 0 Å². The van der Waals surface area contributed by atoms with Crippen molar-refractivity contribution in [3.8, 4) is 0 Å². The molecular formula is C17H21ClN4S. The maximum atomic E-state index is 6.15. The monoisotopic (exact) mass is 348 g/mol. The summed E-state index contributed by atoms with van der Waals surface area (Å²) in [5, 5.41) is 12.2. The lowest BCUT2D eigenvalue weighted by Gasteiger charge is -2.24. The van der Waals surface area contributed by atoms with Crippen molar-refractivity contribution in [3.63, 3.8) is 0 Å². The predicted molar refractivity (Wildman–Crippen MR) is 100 cm³/mol. The summed E-state index contributed by atoms with van der Waals surface area (Å²) in [5.74, 6) is 0.938. The number of aryl methyl sites for hydroxylation is 1. The Bertz CT molecular complexity index is 692. The van der Waals surface area contributed by atoms with Gasteiger partial charge in [0, 0.05) is 16.8 Å². The van der Waals surface area contributed by atoms with E-state index in [1.165, 1.54) is 32.1 Å². The second-order valence-electron chi connectivity index (χ2n) is 6.00. The summed E-state index contributed by atoms with van der Waals surface area (Å²) in [4.78, 5) is 0. The number of hydrogen-bond acceptors (Lipinski definition) is 2. The van der Waals surface area contributed by atoms with Crippen LogP contribution in [0.15, 0.2) is 30.5 Å². The summed E-state index contributed by atoms with van der Waals surface area (Å²) in [6, 6.07) is 8.25. The van der Waals surface area contributed by atoms with Crippen molar-refractivity contribution in [1.82, 2.24) is 9.78 Å². The van der Waals surface area contributed by atoms with Gasteiger partial charge in [-0.25, -0.2) is 4.68 Å². The molecule has 1 fully saturated rings. The summed E-state index contributed by atoms with van der Waals surface area (Å²) in [6.07, 6.45) is 8.06. The molecule has 0 atom stereocenters. The molecule has 122 valence electrons. The van der Waals surface area contributed by atoms with Crippen LogP contribution in [0.25, 0.3) is 0 Å². The first-order chi connectivity index (χ1) is 11.1. The largest absolute Gasteiger partial charge is 0.332 e. The van der Waals surface area contributed by atoms with Gasteiger partial charge in [-0.3, -0.25) is 0 Å². The molecule has 0 unspecified atom stereocenters. The van der Waals surface area contributed by atoms with E-state index in [1.54, 1.807) is 0 Å². The van der Waals surface area contributed by atoms with Crippen molar-refractivity contribution in [2.45, 2.75) is 45.1 Å². The van der Waals surface area contributed by atoms with Crippen LogP contribution in [0.3, 0.4) is 0 Å². The highest BCUT2D eigenvalue weighted by molar-refractivity contribution is 7.80. The van der Waals surface area contributed by atoms with E-state index in [4.69, 9.17) is 23.8 Å². The lowest BCUT2D eigenvalue weighted by atomic mass is 9.96. The number of benzene rings is 1. The number of nitrogens with zero attached hydrogens (tertiary/aromatic N) is 2. The van der Waals surface area contributed by atoms with E-state index in [9.17, 15) is 0 Å². The predicted octanol–water partition coefficient (Wildman–Crippen LogP) is 5.16. The van der Waals surface area contributed by atoms with Crippen LogP contribution in [0, 0.1) is 6.92 Å². The van der Waals surface area contributed by atoms with Crippen LogP contribution in [-0.4, -0.2) is 14.9 Å². The summed E-state index contributed by atoms with van der Waals surface area (Å²) in [5.41, 5.74) is 1.92. The third-order valence-corrected chi connectivity index (χ3v) is 4.87. The standard InChI is InChI=1S/C17H21ClN4S/c1-12-7-8-13(11-15(12)18)20-17(23)21-16-9-10-19-22(16)14-5-3-2-4-6-14/h7-11,14H,2-6H2,1H3,(H2,20,21,23). The number of hydrogen-bond donors (Lipinski definition) is 2. The number of thiocarbonyl (C=S) groups is 1. The Hall–Kier alpha value is -1.59. The maximum absolute atomic E-state index is 6.15. The van der Waals surface area contributed by atoms with E-state index < -0.39 is 0 Å². The molecule has 23 heavy (non-hydrogen) atoms. The second-order valence-corrected chi connectivity index (χ2v) is 6.81. The van der Waals surface area contributed by atoms with Crippen molar-refractivity contribution in [3.05, 3.63) is 41.0 Å². The van der Waals surface area contributed by atoms with Crippen LogP contribution >= 0.6 is 23.8 Å². The molecule has 1 saturated carbocycles. The molecule has 3 rings (SSSR count). The Kier molecular flexibility index (Phi) is 5.18. The first-order valence-corrected chi connectivity index (χ1v) is 8.80. The quantitative estimate of drug-likeness (QED) is 0.752. The maximum Gasteiger partial charge on any atom is 0.176 e. The van der Waals surface area contributed by atoms with Gasteiger partial charge in [-0.05, 0) is 49.7 Å². The number of aromatic nitrogens is 2. The van der Waals surface area contributed by atoms with Crippen LogP contribution in [0.2, 0.25) is 5.02 Å². The molecular weight excluding hydrogens is 328 g/mol. The van der Waals surface area contributed by atoms with Gasteiger partial charge in [0.2, 0.25) is 0 Å². The number of anilines is 2. The third kappa shape index (κ3) is 4.03. The lowest BCUT2D eigenvalue weighted by molar-refractivity contribution is 0.333. The molecule has 0 aliphatic heterocycles. The van der Waals surface area contributed by atoms with Crippen molar-refractivity contribution in [1.29, 1.82) is 0 Å². The number of rotatable bonds is 3. The molecule has 0 radical (unpaired) electrons. The van der Waals surface area contributed by atoms with Crippen molar-refractivity contribution in [2.75, 3.05) is 10.6 Å². The van der Waals surface area contributed by atoms with Gasteiger partial charge in [-0.15, -0.1) is 0 Å². The third-order valence-electron chi connectivity index (χ3n) is 4.26. The van der Waals surface area contributed by atoms with Crippen LogP contribution in [0.1, 0.15) is 43.7 Å². The Labute approximate surface area is 147 Å². The van der Waals surface area contributed by atoms with E-state index in [1.807, 2.05) is 37.4 Å². The molecule has 1 aliphatic carbocycles. The molecule has 1 aliphatic rings. The molecule has 0 amide bonds. The number of halogens is 1. The van der Waals surface area contributed by atoms with Gasteiger partial charge in [-0.1, -0.05) is 36.9 Å². The van der Waals surface area contributed by atoms with E-state index in [0.717, 1.165) is 22.1 Å². The molecule has 4 nitrogen and oxygen atoms in total. The highest BCUT2D eigenvalue weighted by Gasteiger charge is 2.18. The minimum absolute atomic E-state index is 0.470. The van der Waals surface area contributed by atoms with Crippen molar-refractivity contribution < 1.29 is 0 Å². The van der Waals surface area contributed by atoms with Crippen LogP contribution in [0.5, 0.6) is 0 Å². The molecule has 0 saturated heterocycles. The molecule has 6 heteroatoms. The Morgan fingerprint density at radius 3 is 2.74 bits per heavy atom. The summed E-state index contributed by atoms with van der Waals surface area (Å²) < 4.78 is 2.06. The Morgan fingerprint density at radius 1 is 1.22 bits per heavy atom. The first-order valence-electron chi connectivity index (χ1n) is 8.01. The average Bonchev–Trinajstić information content (AvgIpc) is 3.00. The van der Waals surface area contributed by atoms with Gasteiger partial charge in [0.15, 0.2) is 5.11 Å². The van der Waals surface area contributed by atoms with Crippen LogP contribution in [0.4, 0.5) is 11.5 Å². The molecule has 1 aromatic heterocycles. The fraction of sp³-hybridized carbons (Fsp3) is 0.412. The summed E-state index contributed by atoms with van der Waals surface area (Å²) >= 11 is 11.6. The van der Waals surface area contributed by atoms with Crippen LogP contribution < -0.4 is 10.6 Å². The van der Waals surface area contributed by atoms with Crippen molar-refractivity contribution >= 4 is 40.4 Å². The fourth-order valence-corrected chi connectivity index (χ4v) is 3.38. The fourth-order valence-electron chi connectivity index (χ4n) is 2.98. The van der Waals surface area contributed by atoms with Crippen LogP contribution in [-0.2, 0) is 0 Å². The molecule has 1 aromatic carbocycles. The zero-order valence-corrected chi connectivity index (χ0v) is 14.8. The normalized spacial score (nSPS) is 15.4. The van der Waals surface area contributed by atoms with E-state index >= 15 is 0 Å². The average molecular weight is 349 g/mol. The van der Waals surface area contributed by atoms with E-state index in [2.05, 4.69) is 20.4 Å². The first kappa shape index (κ1) is 16.3. The molecule has 2 aromatic rings. The van der Waals surface area contributed by atoms with Gasteiger partial charge in [0.1, 0.15) is 5.82 Å². The van der Waals surface area contributed by atoms with Gasteiger partial charge < -0.3 is 10.6 Å². The molecule has 1 heterocycles. The summed E-state index contributed by atoms with van der Waals surface area (Å²) in [7, 11) is 0. The van der Waals surface area contributed by atoms with Crippen molar-refractivity contribution in [2.24, 2.45) is 0 Å². The summed E-state index contributed by atoms with van der Waals surface area (Å²) in [6.45, 7) is 1.98. The topological polar surface area (TPSA) is 41.9 Å². The smallest absolute Gasteiger partial charge is 0.176 e. The lowest BCUT2D eigenvalue weighted by Crippen LogP contribution is -2.23. The molecule has 2 N–H and O–H groups in total. The van der Waals surface area contributed by atoms with Gasteiger partial charge in [-0.2, -0.15) is 5.10 Å². The molecule has 0 bridgehead atoms. The highest BCUT2D eigenvalue weighted by atomic mass is 35.5. The minimum Gasteiger partial charge on any atom is -0.332 e. The number of nitrogens with one attached hydrogen (secondary N) is 2. The Morgan fingerprint density at radius 2 is 2.00 bits per heavy atom. The second kappa shape index (κ2) is 7.32.